The van der Waals surface area contributed by atoms with E-state index in [-0.39, 0.29) is 17.4 Å². The van der Waals surface area contributed by atoms with Gasteiger partial charge in [-0.25, -0.2) is 9.96 Å². The number of hydroxylamine groups is 1. The normalized spacial score (nSPS) is 22.4. The molecule has 0 saturated carbocycles. The van der Waals surface area contributed by atoms with Gasteiger partial charge in [-0.15, -0.1) is 0 Å². The fourth-order valence-electron chi connectivity index (χ4n) is 4.52. The Labute approximate surface area is 185 Å². The molecule has 32 heavy (non-hydrogen) atoms. The number of nitrogens with zero attached hydrogens (tertiary/aromatic N) is 2. The lowest BCUT2D eigenvalue weighted by Gasteiger charge is -2.29. The number of benzene rings is 3. The minimum Gasteiger partial charge on any atom is -0.504 e. The third-order valence-corrected chi connectivity index (χ3v) is 6.05. The van der Waals surface area contributed by atoms with Crippen molar-refractivity contribution >= 4 is 23.2 Å². The Kier molecular flexibility index (Phi) is 4.83. The largest absolute Gasteiger partial charge is 0.504 e. The minimum absolute atomic E-state index is 0.0835. The van der Waals surface area contributed by atoms with E-state index >= 15 is 0 Å². The minimum atomic E-state index is -1.00. The SMILES string of the molecule is COc1cccc([C@@H]2[C@H]3C(=O)N(c4ccccc4C)C(=O)[C@@H]3ON2c2ccccc2)c1O. The molecule has 1 N–H and O–H groups in total. The van der Waals surface area contributed by atoms with Crippen LogP contribution in [0.1, 0.15) is 17.2 Å². The number of ether oxygens (including phenoxy) is 1. The fourth-order valence-corrected chi connectivity index (χ4v) is 4.52. The number of fused-ring (bicyclic) bond motifs is 1. The van der Waals surface area contributed by atoms with Crippen molar-refractivity contribution in [2.75, 3.05) is 17.1 Å². The third kappa shape index (κ3) is 2.93. The van der Waals surface area contributed by atoms with Crippen LogP contribution in [0.3, 0.4) is 0 Å². The second kappa shape index (κ2) is 7.69. The number of carbonyl (C=O) groups is 2. The van der Waals surface area contributed by atoms with Gasteiger partial charge in [0.1, 0.15) is 12.0 Å². The molecule has 0 aromatic heterocycles. The van der Waals surface area contributed by atoms with Crippen LogP contribution in [0.15, 0.2) is 72.8 Å². The van der Waals surface area contributed by atoms with Crippen molar-refractivity contribution in [3.63, 3.8) is 0 Å². The molecule has 2 amide bonds. The summed E-state index contributed by atoms with van der Waals surface area (Å²) in [6.07, 6.45) is -1.00. The Morgan fingerprint density at radius 1 is 0.906 bits per heavy atom. The van der Waals surface area contributed by atoms with E-state index in [1.807, 2.05) is 49.4 Å². The Morgan fingerprint density at radius 2 is 1.62 bits per heavy atom. The van der Waals surface area contributed by atoms with Crippen LogP contribution in [-0.4, -0.2) is 30.1 Å². The molecule has 5 rings (SSSR count). The second-order valence-corrected chi connectivity index (χ2v) is 7.85. The van der Waals surface area contributed by atoms with Gasteiger partial charge in [-0.3, -0.25) is 14.4 Å². The number of phenols is 1. The first kappa shape index (κ1) is 20.1. The Morgan fingerprint density at radius 3 is 2.34 bits per heavy atom. The van der Waals surface area contributed by atoms with Crippen molar-refractivity contribution in [2.45, 2.75) is 19.1 Å². The van der Waals surface area contributed by atoms with Crippen LogP contribution in [0.4, 0.5) is 11.4 Å². The highest BCUT2D eigenvalue weighted by Crippen LogP contribution is 2.50. The number of imide groups is 1. The maximum atomic E-state index is 13.7. The van der Waals surface area contributed by atoms with Gasteiger partial charge in [0.25, 0.3) is 5.91 Å². The van der Waals surface area contributed by atoms with Gasteiger partial charge in [0.05, 0.1) is 18.5 Å². The van der Waals surface area contributed by atoms with Crippen LogP contribution in [0.2, 0.25) is 0 Å². The number of aryl methyl sites for hydroxylation is 1. The lowest BCUT2D eigenvalue weighted by molar-refractivity contribution is -0.126. The Hall–Kier alpha value is -3.84. The van der Waals surface area contributed by atoms with Gasteiger partial charge in [-0.2, -0.15) is 0 Å². The molecule has 3 atom stereocenters. The van der Waals surface area contributed by atoms with Gasteiger partial charge in [0, 0.05) is 5.56 Å². The molecule has 0 unspecified atom stereocenters. The molecule has 0 aliphatic carbocycles. The smallest absolute Gasteiger partial charge is 0.266 e. The van der Waals surface area contributed by atoms with Gasteiger partial charge in [0.2, 0.25) is 5.91 Å². The standard InChI is InChI=1S/C25H22N2O5/c1-15-9-6-7-13-18(15)26-24(29)20-21(17-12-8-14-19(31-2)22(17)28)27(32-23(20)25(26)30)16-10-4-3-5-11-16/h3-14,20-21,23,28H,1-2H3/t20-,21-,23-/m1/s1. The molecule has 0 spiro atoms. The highest BCUT2D eigenvalue weighted by atomic mass is 16.7. The summed E-state index contributed by atoms with van der Waals surface area (Å²) in [5.41, 5.74) is 2.49. The lowest BCUT2D eigenvalue weighted by Crippen LogP contribution is -2.37. The molecule has 2 heterocycles. The summed E-state index contributed by atoms with van der Waals surface area (Å²) in [6.45, 7) is 1.85. The summed E-state index contributed by atoms with van der Waals surface area (Å²) in [5, 5.41) is 12.4. The van der Waals surface area contributed by atoms with Crippen molar-refractivity contribution in [2.24, 2.45) is 5.92 Å². The molecular weight excluding hydrogens is 408 g/mol. The average molecular weight is 430 g/mol. The van der Waals surface area contributed by atoms with E-state index in [2.05, 4.69) is 0 Å². The number of aromatic hydroxyl groups is 1. The topological polar surface area (TPSA) is 79.3 Å². The van der Waals surface area contributed by atoms with Gasteiger partial charge in [0.15, 0.2) is 17.6 Å². The van der Waals surface area contributed by atoms with Crippen LogP contribution >= 0.6 is 0 Å². The molecule has 3 aromatic rings. The molecule has 7 nitrogen and oxygen atoms in total. The number of amides is 2. The van der Waals surface area contributed by atoms with E-state index in [1.54, 1.807) is 35.4 Å². The third-order valence-electron chi connectivity index (χ3n) is 6.05. The van der Waals surface area contributed by atoms with Crippen LogP contribution in [0, 0.1) is 12.8 Å². The number of rotatable bonds is 4. The lowest BCUT2D eigenvalue weighted by atomic mass is 9.90. The van der Waals surface area contributed by atoms with Crippen molar-refractivity contribution < 1.29 is 24.3 Å². The van der Waals surface area contributed by atoms with Crippen molar-refractivity contribution in [3.8, 4) is 11.5 Å². The zero-order valence-corrected chi connectivity index (χ0v) is 17.6. The van der Waals surface area contributed by atoms with Gasteiger partial charge < -0.3 is 9.84 Å². The first-order valence-electron chi connectivity index (χ1n) is 10.3. The molecule has 2 saturated heterocycles. The van der Waals surface area contributed by atoms with Crippen LogP contribution in [0.5, 0.6) is 11.5 Å². The highest BCUT2D eigenvalue weighted by Gasteiger charge is 2.61. The quantitative estimate of drug-likeness (QED) is 0.635. The predicted molar refractivity (Wildman–Crippen MR) is 118 cm³/mol. The maximum Gasteiger partial charge on any atom is 0.266 e. The molecule has 2 aliphatic rings. The molecular formula is C25H22N2O5. The number of carbonyl (C=O) groups excluding carboxylic acids is 2. The van der Waals surface area contributed by atoms with E-state index in [4.69, 9.17) is 9.57 Å². The zero-order valence-electron chi connectivity index (χ0n) is 17.6. The van der Waals surface area contributed by atoms with Gasteiger partial charge in [-0.05, 0) is 36.8 Å². The van der Waals surface area contributed by atoms with Crippen molar-refractivity contribution in [1.29, 1.82) is 0 Å². The number of para-hydroxylation sites is 3. The molecule has 162 valence electrons. The molecule has 2 aliphatic heterocycles. The van der Waals surface area contributed by atoms with Gasteiger partial charge in [-0.1, -0.05) is 48.5 Å². The Bertz CT molecular complexity index is 1200. The number of hydrogen-bond donors (Lipinski definition) is 1. The number of hydrogen-bond acceptors (Lipinski definition) is 6. The molecule has 0 radical (unpaired) electrons. The summed E-state index contributed by atoms with van der Waals surface area (Å²) in [4.78, 5) is 34.4. The molecule has 7 heteroatoms. The molecule has 2 fully saturated rings. The number of anilines is 2. The average Bonchev–Trinajstić information content (AvgIpc) is 3.31. The highest BCUT2D eigenvalue weighted by molar-refractivity contribution is 6.24. The second-order valence-electron chi connectivity index (χ2n) is 7.85. The molecule has 3 aromatic carbocycles. The molecule has 0 bridgehead atoms. The fraction of sp³-hybridized carbons (Fsp3) is 0.200. The summed E-state index contributed by atoms with van der Waals surface area (Å²) in [7, 11) is 1.46. The van der Waals surface area contributed by atoms with Crippen LogP contribution in [0.25, 0.3) is 0 Å². The first-order chi connectivity index (χ1) is 15.5. The summed E-state index contributed by atoms with van der Waals surface area (Å²) in [5.74, 6) is -1.41. The van der Waals surface area contributed by atoms with Gasteiger partial charge >= 0.3 is 0 Å². The van der Waals surface area contributed by atoms with E-state index < -0.39 is 24.0 Å². The first-order valence-corrected chi connectivity index (χ1v) is 10.3. The van der Waals surface area contributed by atoms with Crippen LogP contribution < -0.4 is 14.7 Å². The van der Waals surface area contributed by atoms with E-state index in [0.717, 1.165) is 5.56 Å². The number of phenolic OH excluding ortho intramolecular Hbond substituents is 1. The van der Waals surface area contributed by atoms with Crippen molar-refractivity contribution in [3.05, 3.63) is 83.9 Å². The predicted octanol–water partition coefficient (Wildman–Crippen LogP) is 3.76. The van der Waals surface area contributed by atoms with Crippen molar-refractivity contribution in [1.82, 2.24) is 0 Å². The van der Waals surface area contributed by atoms with E-state index in [1.165, 1.54) is 12.0 Å². The zero-order chi connectivity index (χ0) is 22.4. The number of methoxy groups -OCH3 is 1. The van der Waals surface area contributed by atoms with E-state index in [9.17, 15) is 14.7 Å². The summed E-state index contributed by atoms with van der Waals surface area (Å²) >= 11 is 0. The summed E-state index contributed by atoms with van der Waals surface area (Å²) in [6, 6.07) is 20.9. The van der Waals surface area contributed by atoms with E-state index in [0.29, 0.717) is 16.9 Å². The summed E-state index contributed by atoms with van der Waals surface area (Å²) < 4.78 is 5.28. The monoisotopic (exact) mass is 430 g/mol. The van der Waals surface area contributed by atoms with Crippen LogP contribution in [-0.2, 0) is 14.4 Å². The Balaban J connectivity index is 1.64. The maximum absolute atomic E-state index is 13.7.